The van der Waals surface area contributed by atoms with Crippen molar-refractivity contribution in [2.75, 3.05) is 5.73 Å². The summed E-state index contributed by atoms with van der Waals surface area (Å²) in [7, 11) is 0. The van der Waals surface area contributed by atoms with Gasteiger partial charge in [0.25, 0.3) is 0 Å². The molecule has 4 nitrogen and oxygen atoms in total. The number of para-hydroxylation sites is 1. The molecule has 1 aromatic carbocycles. The fraction of sp³-hybridized carbons (Fsp3) is 0.200. The van der Waals surface area contributed by atoms with Gasteiger partial charge in [0.1, 0.15) is 5.69 Å². The first-order valence-electron chi connectivity index (χ1n) is 4.69. The highest BCUT2D eigenvalue weighted by Crippen LogP contribution is 2.22. The van der Waals surface area contributed by atoms with E-state index in [2.05, 4.69) is 10.3 Å². The van der Waals surface area contributed by atoms with E-state index in [0.717, 1.165) is 17.8 Å². The Balaban J connectivity index is 2.55. The van der Waals surface area contributed by atoms with Crippen molar-refractivity contribution in [3.05, 3.63) is 35.0 Å². The predicted molar refractivity (Wildman–Crippen MR) is 60.2 cm³/mol. The smallest absolute Gasteiger partial charge is 0.151 e. The zero-order chi connectivity index (χ0) is 10.8. The van der Waals surface area contributed by atoms with Gasteiger partial charge in [-0.25, -0.2) is 0 Å². The van der Waals surface area contributed by atoms with Crippen molar-refractivity contribution in [1.82, 2.24) is 15.0 Å². The third kappa shape index (κ3) is 1.68. The van der Waals surface area contributed by atoms with Crippen molar-refractivity contribution in [1.29, 1.82) is 0 Å². The number of nitrogens with two attached hydrogens (primary N) is 1. The normalized spacial score (nSPS) is 10.5. The van der Waals surface area contributed by atoms with Crippen LogP contribution < -0.4 is 5.73 Å². The predicted octanol–water partition coefficient (Wildman–Crippen LogP) is 2.07. The number of aromatic nitrogens is 3. The minimum Gasteiger partial charge on any atom is -0.382 e. The lowest BCUT2D eigenvalue weighted by molar-refractivity contribution is 0.803. The zero-order valence-corrected chi connectivity index (χ0v) is 9.07. The Bertz CT molecular complexity index is 478. The van der Waals surface area contributed by atoms with E-state index in [1.165, 1.54) is 0 Å². The molecule has 1 heterocycles. The van der Waals surface area contributed by atoms with Gasteiger partial charge in [0.15, 0.2) is 5.82 Å². The van der Waals surface area contributed by atoms with E-state index in [9.17, 15) is 0 Å². The van der Waals surface area contributed by atoms with Crippen LogP contribution in [0.2, 0.25) is 5.02 Å². The molecular formula is C10H11ClN4. The molecule has 0 amide bonds. The molecule has 0 saturated carbocycles. The summed E-state index contributed by atoms with van der Waals surface area (Å²) in [5, 5.41) is 8.56. The van der Waals surface area contributed by atoms with Crippen molar-refractivity contribution in [3.63, 3.8) is 0 Å². The molecule has 78 valence electrons. The zero-order valence-electron chi connectivity index (χ0n) is 8.31. The molecule has 0 bridgehead atoms. The van der Waals surface area contributed by atoms with Gasteiger partial charge >= 0.3 is 0 Å². The van der Waals surface area contributed by atoms with Gasteiger partial charge in [-0.05, 0) is 18.6 Å². The molecule has 15 heavy (non-hydrogen) atoms. The number of nitrogens with zero attached hydrogens (tertiary/aromatic N) is 3. The van der Waals surface area contributed by atoms with E-state index in [1.54, 1.807) is 10.7 Å². The number of aryl methyl sites for hydroxylation is 1. The molecule has 5 heteroatoms. The van der Waals surface area contributed by atoms with Gasteiger partial charge in [-0.3, -0.25) is 0 Å². The lowest BCUT2D eigenvalue weighted by Gasteiger charge is -2.04. The Morgan fingerprint density at radius 1 is 1.40 bits per heavy atom. The van der Waals surface area contributed by atoms with Crippen molar-refractivity contribution in [3.8, 4) is 5.69 Å². The summed E-state index contributed by atoms with van der Waals surface area (Å²) in [4.78, 5) is 0. The third-order valence-corrected chi connectivity index (χ3v) is 2.51. The quantitative estimate of drug-likeness (QED) is 0.846. The van der Waals surface area contributed by atoms with Crippen LogP contribution in [0.1, 0.15) is 12.6 Å². The Morgan fingerprint density at radius 3 is 2.73 bits per heavy atom. The van der Waals surface area contributed by atoms with E-state index in [1.807, 2.05) is 25.1 Å². The number of halogens is 1. The molecule has 0 radical (unpaired) electrons. The SMILES string of the molecule is CCc1nnn(-c2ccccc2Cl)c1N. The van der Waals surface area contributed by atoms with E-state index >= 15 is 0 Å². The molecule has 0 aliphatic carbocycles. The van der Waals surface area contributed by atoms with E-state index in [-0.39, 0.29) is 0 Å². The fourth-order valence-electron chi connectivity index (χ4n) is 1.37. The molecular weight excluding hydrogens is 212 g/mol. The summed E-state index contributed by atoms with van der Waals surface area (Å²) in [5.41, 5.74) is 7.43. The number of anilines is 1. The Kier molecular flexibility index (Phi) is 2.60. The minimum absolute atomic E-state index is 0.547. The Labute approximate surface area is 92.7 Å². The number of rotatable bonds is 2. The number of hydrogen-bond acceptors (Lipinski definition) is 3. The van der Waals surface area contributed by atoms with Gasteiger partial charge in [0, 0.05) is 0 Å². The molecule has 0 aliphatic heterocycles. The number of nitrogen functional groups attached to an aromatic ring is 1. The molecule has 0 aliphatic rings. The second kappa shape index (κ2) is 3.90. The minimum atomic E-state index is 0.547. The summed E-state index contributed by atoms with van der Waals surface area (Å²) >= 11 is 6.04. The Morgan fingerprint density at radius 2 is 2.13 bits per heavy atom. The largest absolute Gasteiger partial charge is 0.382 e. The fourth-order valence-corrected chi connectivity index (χ4v) is 1.59. The molecule has 2 aromatic rings. The molecule has 0 spiro atoms. The summed E-state index contributed by atoms with van der Waals surface area (Å²) in [6, 6.07) is 7.39. The second-order valence-electron chi connectivity index (χ2n) is 3.14. The van der Waals surface area contributed by atoms with Crippen LogP contribution in [0.5, 0.6) is 0 Å². The van der Waals surface area contributed by atoms with Crippen LogP contribution in [0.3, 0.4) is 0 Å². The van der Waals surface area contributed by atoms with Crippen molar-refractivity contribution in [2.45, 2.75) is 13.3 Å². The van der Waals surface area contributed by atoms with Crippen LogP contribution in [0.15, 0.2) is 24.3 Å². The summed E-state index contributed by atoms with van der Waals surface area (Å²) in [6.07, 6.45) is 0.760. The van der Waals surface area contributed by atoms with Gasteiger partial charge in [0.2, 0.25) is 0 Å². The molecule has 0 unspecified atom stereocenters. The Hall–Kier alpha value is -1.55. The highest BCUT2D eigenvalue weighted by atomic mass is 35.5. The molecule has 1 aromatic heterocycles. The maximum Gasteiger partial charge on any atom is 0.151 e. The van der Waals surface area contributed by atoms with Crippen molar-refractivity contribution >= 4 is 17.4 Å². The molecule has 0 fully saturated rings. The molecule has 2 N–H and O–H groups in total. The lowest BCUT2D eigenvalue weighted by Crippen LogP contribution is -2.03. The van der Waals surface area contributed by atoms with Crippen LogP contribution in [-0.2, 0) is 6.42 Å². The van der Waals surface area contributed by atoms with Crippen LogP contribution in [-0.4, -0.2) is 15.0 Å². The van der Waals surface area contributed by atoms with Gasteiger partial charge in [0.05, 0.1) is 10.7 Å². The number of benzene rings is 1. The molecule has 2 rings (SSSR count). The van der Waals surface area contributed by atoms with Gasteiger partial charge < -0.3 is 5.73 Å². The lowest BCUT2D eigenvalue weighted by atomic mass is 10.3. The van der Waals surface area contributed by atoms with Crippen LogP contribution >= 0.6 is 11.6 Å². The maximum atomic E-state index is 6.04. The third-order valence-electron chi connectivity index (χ3n) is 2.19. The van der Waals surface area contributed by atoms with Crippen LogP contribution in [0, 0.1) is 0 Å². The summed E-state index contributed by atoms with van der Waals surface area (Å²) < 4.78 is 1.56. The topological polar surface area (TPSA) is 56.7 Å². The van der Waals surface area contributed by atoms with Crippen molar-refractivity contribution < 1.29 is 0 Å². The van der Waals surface area contributed by atoms with E-state index in [4.69, 9.17) is 17.3 Å². The first-order valence-corrected chi connectivity index (χ1v) is 5.06. The van der Waals surface area contributed by atoms with Gasteiger partial charge in [-0.2, -0.15) is 4.68 Å². The first kappa shape index (κ1) is 9.98. The van der Waals surface area contributed by atoms with Crippen molar-refractivity contribution in [2.24, 2.45) is 0 Å². The average Bonchev–Trinajstić information content (AvgIpc) is 2.60. The highest BCUT2D eigenvalue weighted by molar-refractivity contribution is 6.32. The molecule has 0 atom stereocenters. The highest BCUT2D eigenvalue weighted by Gasteiger charge is 2.10. The van der Waals surface area contributed by atoms with Gasteiger partial charge in [-0.1, -0.05) is 35.9 Å². The maximum absolute atomic E-state index is 6.04. The average molecular weight is 223 g/mol. The van der Waals surface area contributed by atoms with Crippen LogP contribution in [0.4, 0.5) is 5.82 Å². The summed E-state index contributed by atoms with van der Waals surface area (Å²) in [6.45, 7) is 1.98. The first-order chi connectivity index (χ1) is 7.24. The summed E-state index contributed by atoms with van der Waals surface area (Å²) in [5.74, 6) is 0.547. The van der Waals surface area contributed by atoms with Crippen LogP contribution in [0.25, 0.3) is 5.69 Å². The monoisotopic (exact) mass is 222 g/mol. The molecule has 0 saturated heterocycles. The number of hydrogen-bond donors (Lipinski definition) is 1. The second-order valence-corrected chi connectivity index (χ2v) is 3.55. The van der Waals surface area contributed by atoms with E-state index in [0.29, 0.717) is 10.8 Å². The van der Waals surface area contributed by atoms with Gasteiger partial charge in [-0.15, -0.1) is 5.10 Å². The standard InChI is InChI=1S/C10H11ClN4/c1-2-8-10(12)15(14-13-8)9-6-4-3-5-7(9)11/h3-6H,2,12H2,1H3. The van der Waals surface area contributed by atoms with E-state index < -0.39 is 0 Å².